The molecule has 1 N–H and O–H groups in total. The van der Waals surface area contributed by atoms with Gasteiger partial charge in [-0.05, 0) is 52.0 Å². The second-order valence-corrected chi connectivity index (χ2v) is 6.53. The number of nitrogens with zero attached hydrogens (tertiary/aromatic N) is 3. The van der Waals surface area contributed by atoms with Crippen LogP contribution in [0.1, 0.15) is 48.7 Å². The summed E-state index contributed by atoms with van der Waals surface area (Å²) in [4.78, 5) is 14.5. The van der Waals surface area contributed by atoms with Gasteiger partial charge >= 0.3 is 0 Å². The zero-order chi connectivity index (χ0) is 15.0. The van der Waals surface area contributed by atoms with Crippen molar-refractivity contribution < 1.29 is 4.79 Å². The summed E-state index contributed by atoms with van der Waals surface area (Å²) in [5.74, 6) is 1.05. The van der Waals surface area contributed by atoms with E-state index in [2.05, 4.69) is 29.2 Å². The first-order valence-corrected chi connectivity index (χ1v) is 8.08. The van der Waals surface area contributed by atoms with Gasteiger partial charge in [0.1, 0.15) is 0 Å². The van der Waals surface area contributed by atoms with Crippen molar-refractivity contribution in [3.63, 3.8) is 0 Å². The van der Waals surface area contributed by atoms with Crippen molar-refractivity contribution in [3.8, 4) is 0 Å². The molecular formula is C16H28Cl2N4O. The SMILES string of the molecule is Cc1nn(C)c(C)c1C1CCCN1C(=O)CNCC1CC1.Cl.Cl. The van der Waals surface area contributed by atoms with Gasteiger partial charge in [0.25, 0.3) is 0 Å². The number of likely N-dealkylation sites (tertiary alicyclic amines) is 1. The Morgan fingerprint density at radius 3 is 2.52 bits per heavy atom. The Labute approximate surface area is 151 Å². The zero-order valence-electron chi connectivity index (χ0n) is 14.2. The Balaban J connectivity index is 0.00000132. The lowest BCUT2D eigenvalue weighted by molar-refractivity contribution is -0.131. The highest BCUT2D eigenvalue weighted by molar-refractivity contribution is 5.85. The fourth-order valence-corrected chi connectivity index (χ4v) is 3.44. The molecule has 0 radical (unpaired) electrons. The van der Waals surface area contributed by atoms with Crippen LogP contribution < -0.4 is 5.32 Å². The highest BCUT2D eigenvalue weighted by Gasteiger charge is 2.33. The maximum atomic E-state index is 12.5. The summed E-state index contributed by atoms with van der Waals surface area (Å²) in [6.45, 7) is 6.50. The molecule has 1 amide bonds. The van der Waals surface area contributed by atoms with Gasteiger partial charge in [-0.25, -0.2) is 0 Å². The van der Waals surface area contributed by atoms with Crippen LogP contribution in [0.3, 0.4) is 0 Å². The number of amides is 1. The van der Waals surface area contributed by atoms with Gasteiger partial charge < -0.3 is 10.2 Å². The molecule has 1 aliphatic carbocycles. The summed E-state index contributed by atoms with van der Waals surface area (Å²) in [5.41, 5.74) is 3.50. The predicted molar refractivity (Wildman–Crippen MR) is 96.5 cm³/mol. The van der Waals surface area contributed by atoms with Crippen LogP contribution in [0.2, 0.25) is 0 Å². The van der Waals surface area contributed by atoms with E-state index in [1.54, 1.807) is 0 Å². The van der Waals surface area contributed by atoms with Gasteiger partial charge in [0, 0.05) is 24.8 Å². The van der Waals surface area contributed by atoms with Crippen molar-refractivity contribution in [3.05, 3.63) is 17.0 Å². The molecule has 7 heteroatoms. The third-order valence-electron chi connectivity index (χ3n) is 4.88. The highest BCUT2D eigenvalue weighted by Crippen LogP contribution is 2.35. The lowest BCUT2D eigenvalue weighted by Crippen LogP contribution is -2.38. The monoisotopic (exact) mass is 362 g/mol. The van der Waals surface area contributed by atoms with Crippen molar-refractivity contribution in [1.29, 1.82) is 0 Å². The van der Waals surface area contributed by atoms with Gasteiger partial charge in [0.15, 0.2) is 0 Å². The van der Waals surface area contributed by atoms with E-state index in [1.807, 2.05) is 11.7 Å². The van der Waals surface area contributed by atoms with E-state index in [9.17, 15) is 4.79 Å². The van der Waals surface area contributed by atoms with Gasteiger partial charge in [-0.1, -0.05) is 0 Å². The Kier molecular flexibility index (Phi) is 7.36. The average Bonchev–Trinajstić information content (AvgIpc) is 3.07. The van der Waals surface area contributed by atoms with E-state index in [1.165, 1.54) is 24.1 Å². The molecule has 3 rings (SSSR count). The fraction of sp³-hybridized carbons (Fsp3) is 0.750. The number of carbonyl (C=O) groups excluding carboxylic acids is 1. The van der Waals surface area contributed by atoms with Gasteiger partial charge in [-0.15, -0.1) is 24.8 Å². The Hall–Kier alpha value is -0.780. The van der Waals surface area contributed by atoms with E-state index >= 15 is 0 Å². The zero-order valence-corrected chi connectivity index (χ0v) is 15.8. The summed E-state index contributed by atoms with van der Waals surface area (Å²) in [5, 5.41) is 7.82. The molecule has 1 saturated carbocycles. The van der Waals surface area contributed by atoms with Crippen LogP contribution in [0.15, 0.2) is 0 Å². The van der Waals surface area contributed by atoms with Crippen molar-refractivity contribution in [2.24, 2.45) is 13.0 Å². The van der Waals surface area contributed by atoms with Gasteiger partial charge in [-0.2, -0.15) is 5.10 Å². The number of aromatic nitrogens is 2. The van der Waals surface area contributed by atoms with Crippen LogP contribution >= 0.6 is 24.8 Å². The normalized spacial score (nSPS) is 20.1. The highest BCUT2D eigenvalue weighted by atomic mass is 35.5. The lowest BCUT2D eigenvalue weighted by Gasteiger charge is -2.25. The van der Waals surface area contributed by atoms with Crippen LogP contribution in [-0.2, 0) is 11.8 Å². The standard InChI is InChI=1S/C16H26N4O.2ClH/c1-11-16(12(2)19(3)18-11)14-5-4-8-20(14)15(21)10-17-9-13-6-7-13;;/h13-14,17H,4-10H2,1-3H3;2*1H. The smallest absolute Gasteiger partial charge is 0.237 e. The minimum Gasteiger partial charge on any atom is -0.334 e. The third-order valence-corrected chi connectivity index (χ3v) is 4.88. The number of rotatable bonds is 5. The number of nitrogens with one attached hydrogen (secondary N) is 1. The van der Waals surface area contributed by atoms with E-state index in [0.717, 1.165) is 37.5 Å². The van der Waals surface area contributed by atoms with Crippen LogP contribution in [0, 0.1) is 19.8 Å². The second kappa shape index (κ2) is 8.36. The predicted octanol–water partition coefficient (Wildman–Crippen LogP) is 2.54. The van der Waals surface area contributed by atoms with Crippen molar-refractivity contribution in [2.45, 2.75) is 45.6 Å². The topological polar surface area (TPSA) is 50.2 Å². The summed E-state index contributed by atoms with van der Waals surface area (Å²) in [7, 11) is 1.98. The number of hydrogen-bond donors (Lipinski definition) is 1. The summed E-state index contributed by atoms with van der Waals surface area (Å²) >= 11 is 0. The molecule has 132 valence electrons. The average molecular weight is 363 g/mol. The molecule has 1 aliphatic heterocycles. The number of carbonyl (C=O) groups is 1. The first-order chi connectivity index (χ1) is 10.1. The quantitative estimate of drug-likeness (QED) is 0.875. The molecule has 0 aromatic carbocycles. The Bertz CT molecular complexity index is 542. The molecule has 1 unspecified atom stereocenters. The molecule has 1 saturated heterocycles. The van der Waals surface area contributed by atoms with Crippen LogP contribution in [0.25, 0.3) is 0 Å². The van der Waals surface area contributed by atoms with E-state index in [0.29, 0.717) is 6.54 Å². The van der Waals surface area contributed by atoms with Crippen LogP contribution in [0.5, 0.6) is 0 Å². The molecule has 1 aromatic heterocycles. The maximum absolute atomic E-state index is 12.5. The molecule has 0 spiro atoms. The first kappa shape index (κ1) is 20.3. The lowest BCUT2D eigenvalue weighted by atomic mass is 10.0. The molecule has 2 aliphatic rings. The largest absolute Gasteiger partial charge is 0.334 e. The summed E-state index contributed by atoms with van der Waals surface area (Å²) < 4.78 is 1.93. The summed E-state index contributed by atoms with van der Waals surface area (Å²) in [6.07, 6.45) is 4.79. The molecule has 2 fully saturated rings. The third kappa shape index (κ3) is 4.40. The van der Waals surface area contributed by atoms with E-state index in [4.69, 9.17) is 0 Å². The fourth-order valence-electron chi connectivity index (χ4n) is 3.44. The Morgan fingerprint density at radius 2 is 1.96 bits per heavy atom. The second-order valence-electron chi connectivity index (χ2n) is 6.53. The molecule has 1 aromatic rings. The number of halogens is 2. The first-order valence-electron chi connectivity index (χ1n) is 8.08. The van der Waals surface area contributed by atoms with Crippen molar-refractivity contribution in [1.82, 2.24) is 20.0 Å². The van der Waals surface area contributed by atoms with Gasteiger partial charge in [0.05, 0.1) is 18.3 Å². The van der Waals surface area contributed by atoms with Crippen LogP contribution in [-0.4, -0.2) is 40.2 Å². The van der Waals surface area contributed by atoms with Gasteiger partial charge in [0.2, 0.25) is 5.91 Å². The molecular weight excluding hydrogens is 335 g/mol. The minimum absolute atomic E-state index is 0. The van der Waals surface area contributed by atoms with E-state index in [-0.39, 0.29) is 36.8 Å². The molecule has 23 heavy (non-hydrogen) atoms. The van der Waals surface area contributed by atoms with E-state index < -0.39 is 0 Å². The minimum atomic E-state index is 0. The summed E-state index contributed by atoms with van der Waals surface area (Å²) in [6, 6.07) is 0.217. The van der Waals surface area contributed by atoms with Gasteiger partial charge in [-0.3, -0.25) is 9.48 Å². The number of aryl methyl sites for hydroxylation is 2. The molecule has 2 heterocycles. The molecule has 5 nitrogen and oxygen atoms in total. The maximum Gasteiger partial charge on any atom is 0.237 e. The van der Waals surface area contributed by atoms with Crippen LogP contribution in [0.4, 0.5) is 0 Å². The van der Waals surface area contributed by atoms with Crippen molar-refractivity contribution in [2.75, 3.05) is 19.6 Å². The van der Waals surface area contributed by atoms with Crippen molar-refractivity contribution >= 4 is 30.7 Å². The molecule has 1 atom stereocenters. The molecule has 0 bridgehead atoms. The Morgan fingerprint density at radius 1 is 1.26 bits per heavy atom. The number of hydrogen-bond acceptors (Lipinski definition) is 3.